The summed E-state index contributed by atoms with van der Waals surface area (Å²) in [5, 5.41) is 0.671. The molecule has 0 heterocycles. The Labute approximate surface area is 98.8 Å². The van der Waals surface area contributed by atoms with Crippen molar-refractivity contribution in [2.45, 2.75) is 19.3 Å². The molecular weight excluding hydrogens is 256 g/mol. The first-order valence-electron chi connectivity index (χ1n) is 5.08. The monoisotopic (exact) mass is 270 g/mol. The number of benzene rings is 1. The summed E-state index contributed by atoms with van der Waals surface area (Å²) in [7, 11) is 0. The van der Waals surface area contributed by atoms with E-state index in [0.717, 1.165) is 12.8 Å². The predicted octanol–water partition coefficient (Wildman–Crippen LogP) is 2.95. The van der Waals surface area contributed by atoms with Gasteiger partial charge in [0.15, 0.2) is 0 Å². The molecule has 0 atom stereocenters. The summed E-state index contributed by atoms with van der Waals surface area (Å²) in [6.07, 6.45) is 2.30. The van der Waals surface area contributed by atoms with E-state index in [0.29, 0.717) is 18.4 Å². The molecule has 0 radical (unpaired) electrons. The van der Waals surface area contributed by atoms with Crippen molar-refractivity contribution in [2.24, 2.45) is 0 Å². The molecule has 0 saturated carbocycles. The highest BCUT2D eigenvalue weighted by Gasteiger charge is 2.00. The second-order valence-corrected chi connectivity index (χ2v) is 4.04. The smallest absolute Gasteiger partial charge is 0.306 e. The molecular formula is C12H15BrO2. The van der Waals surface area contributed by atoms with Gasteiger partial charge in [0.1, 0.15) is 0 Å². The van der Waals surface area contributed by atoms with Gasteiger partial charge in [-0.3, -0.25) is 4.79 Å². The van der Waals surface area contributed by atoms with Gasteiger partial charge in [-0.05, 0) is 18.4 Å². The molecule has 0 aromatic heterocycles. The van der Waals surface area contributed by atoms with E-state index in [1.165, 1.54) is 5.56 Å². The topological polar surface area (TPSA) is 26.3 Å². The van der Waals surface area contributed by atoms with Crippen molar-refractivity contribution < 1.29 is 9.53 Å². The fourth-order valence-corrected chi connectivity index (χ4v) is 1.58. The number of alkyl halides is 1. The molecule has 0 aliphatic heterocycles. The van der Waals surface area contributed by atoms with Crippen LogP contribution in [-0.4, -0.2) is 17.9 Å². The van der Waals surface area contributed by atoms with E-state index >= 15 is 0 Å². The number of carbonyl (C=O) groups excluding carboxylic acids is 1. The summed E-state index contributed by atoms with van der Waals surface area (Å²) in [6, 6.07) is 10.2. The number of esters is 1. The molecule has 1 aromatic carbocycles. The number of ether oxygens (including phenoxy) is 1. The van der Waals surface area contributed by atoms with Crippen molar-refractivity contribution in [3.05, 3.63) is 35.9 Å². The zero-order valence-electron chi connectivity index (χ0n) is 8.62. The Bertz CT molecular complexity index is 285. The lowest BCUT2D eigenvalue weighted by Gasteiger charge is -2.03. The maximum absolute atomic E-state index is 11.0. The average molecular weight is 271 g/mol. The minimum absolute atomic E-state index is 0.125. The maximum Gasteiger partial charge on any atom is 0.306 e. The summed E-state index contributed by atoms with van der Waals surface area (Å²) < 4.78 is 5.04. The van der Waals surface area contributed by atoms with Crippen molar-refractivity contribution in [3.63, 3.8) is 0 Å². The van der Waals surface area contributed by atoms with Gasteiger partial charge in [0.2, 0.25) is 0 Å². The molecule has 82 valence electrons. The van der Waals surface area contributed by atoms with Gasteiger partial charge in [-0.25, -0.2) is 0 Å². The molecule has 0 aliphatic rings. The molecule has 0 bridgehead atoms. The van der Waals surface area contributed by atoms with Gasteiger partial charge in [0.25, 0.3) is 0 Å². The van der Waals surface area contributed by atoms with E-state index in [4.69, 9.17) is 4.74 Å². The molecule has 0 unspecified atom stereocenters. The number of hydrogen-bond donors (Lipinski definition) is 0. The van der Waals surface area contributed by atoms with Crippen molar-refractivity contribution in [1.82, 2.24) is 0 Å². The normalized spacial score (nSPS) is 9.93. The van der Waals surface area contributed by atoms with E-state index in [9.17, 15) is 4.79 Å². The lowest BCUT2D eigenvalue weighted by atomic mass is 10.1. The Kier molecular flexibility index (Phi) is 6.09. The van der Waals surface area contributed by atoms with Crippen LogP contribution in [0.2, 0.25) is 0 Å². The van der Waals surface area contributed by atoms with Crippen LogP contribution in [-0.2, 0) is 16.0 Å². The third kappa shape index (κ3) is 5.57. The lowest BCUT2D eigenvalue weighted by Crippen LogP contribution is -2.06. The fraction of sp³-hybridized carbons (Fsp3) is 0.417. The molecule has 1 rings (SSSR count). The molecule has 0 spiro atoms. The van der Waals surface area contributed by atoms with Crippen LogP contribution in [0.3, 0.4) is 0 Å². The van der Waals surface area contributed by atoms with Crippen LogP contribution in [0.5, 0.6) is 0 Å². The van der Waals surface area contributed by atoms with Crippen LogP contribution < -0.4 is 0 Å². The Morgan fingerprint density at radius 3 is 2.67 bits per heavy atom. The highest BCUT2D eigenvalue weighted by Crippen LogP contribution is 2.02. The van der Waals surface area contributed by atoms with Gasteiger partial charge in [-0.2, -0.15) is 0 Å². The Morgan fingerprint density at radius 1 is 1.27 bits per heavy atom. The molecule has 3 heteroatoms. The predicted molar refractivity (Wildman–Crippen MR) is 64.1 cm³/mol. The quantitative estimate of drug-likeness (QED) is 0.451. The number of carbonyl (C=O) groups is 1. The molecule has 0 aliphatic carbocycles. The largest absolute Gasteiger partial charge is 0.466 e. The summed E-state index contributed by atoms with van der Waals surface area (Å²) >= 11 is 3.19. The van der Waals surface area contributed by atoms with Crippen molar-refractivity contribution in [3.8, 4) is 0 Å². The average Bonchev–Trinajstić information content (AvgIpc) is 2.26. The van der Waals surface area contributed by atoms with Crippen LogP contribution in [0.4, 0.5) is 0 Å². The van der Waals surface area contributed by atoms with E-state index in [-0.39, 0.29) is 5.97 Å². The van der Waals surface area contributed by atoms with Crippen LogP contribution in [0, 0.1) is 0 Å². The lowest BCUT2D eigenvalue weighted by molar-refractivity contribution is -0.143. The van der Waals surface area contributed by atoms with Gasteiger partial charge in [0.05, 0.1) is 13.0 Å². The maximum atomic E-state index is 11.0. The molecule has 15 heavy (non-hydrogen) atoms. The second-order valence-electron chi connectivity index (χ2n) is 3.25. The van der Waals surface area contributed by atoms with Crippen LogP contribution >= 0.6 is 15.9 Å². The fourth-order valence-electron chi connectivity index (χ4n) is 1.26. The number of hydrogen-bond acceptors (Lipinski definition) is 2. The minimum atomic E-state index is -0.125. The molecule has 0 saturated heterocycles. The van der Waals surface area contributed by atoms with Crippen LogP contribution in [0.15, 0.2) is 30.3 Å². The van der Waals surface area contributed by atoms with Crippen molar-refractivity contribution in [2.75, 3.05) is 11.9 Å². The number of rotatable bonds is 6. The third-order valence-corrected chi connectivity index (χ3v) is 2.41. The number of halogens is 1. The van der Waals surface area contributed by atoms with Crippen molar-refractivity contribution in [1.29, 1.82) is 0 Å². The van der Waals surface area contributed by atoms with Gasteiger partial charge in [0, 0.05) is 5.33 Å². The van der Waals surface area contributed by atoms with Gasteiger partial charge in [-0.1, -0.05) is 46.3 Å². The van der Waals surface area contributed by atoms with Gasteiger partial charge in [-0.15, -0.1) is 0 Å². The minimum Gasteiger partial charge on any atom is -0.466 e. The highest BCUT2D eigenvalue weighted by atomic mass is 79.9. The van der Waals surface area contributed by atoms with Crippen LogP contribution in [0.25, 0.3) is 0 Å². The summed E-state index contributed by atoms with van der Waals surface area (Å²) in [5.74, 6) is -0.125. The van der Waals surface area contributed by atoms with Crippen molar-refractivity contribution >= 4 is 21.9 Å². The molecule has 0 fully saturated rings. The van der Waals surface area contributed by atoms with E-state index in [1.54, 1.807) is 0 Å². The summed E-state index contributed by atoms with van der Waals surface area (Å²) in [5.41, 5.74) is 1.29. The van der Waals surface area contributed by atoms with E-state index < -0.39 is 0 Å². The van der Waals surface area contributed by atoms with E-state index in [2.05, 4.69) is 28.1 Å². The zero-order valence-corrected chi connectivity index (χ0v) is 10.2. The first-order valence-corrected chi connectivity index (χ1v) is 6.20. The Balaban J connectivity index is 2.10. The molecule has 1 aromatic rings. The first-order chi connectivity index (χ1) is 7.33. The zero-order chi connectivity index (χ0) is 10.9. The Hall–Kier alpha value is -0.830. The van der Waals surface area contributed by atoms with Gasteiger partial charge >= 0.3 is 5.97 Å². The summed E-state index contributed by atoms with van der Waals surface area (Å²) in [4.78, 5) is 11.0. The molecule has 0 amide bonds. The molecule has 2 nitrogen and oxygen atoms in total. The number of aryl methyl sites for hydroxylation is 1. The van der Waals surface area contributed by atoms with E-state index in [1.807, 2.05) is 18.2 Å². The standard InChI is InChI=1S/C12H15BrO2/c13-9-8-12(14)15-10-4-7-11-5-2-1-3-6-11/h1-3,5-6H,4,7-10H2. The van der Waals surface area contributed by atoms with Gasteiger partial charge < -0.3 is 4.74 Å². The molecule has 0 N–H and O–H groups in total. The SMILES string of the molecule is O=C(CCBr)OCCCc1ccccc1. The first kappa shape index (κ1) is 12.2. The second kappa shape index (κ2) is 7.46. The highest BCUT2D eigenvalue weighted by molar-refractivity contribution is 9.09. The Morgan fingerprint density at radius 2 is 2.00 bits per heavy atom. The third-order valence-electron chi connectivity index (χ3n) is 2.01. The summed E-state index contributed by atoms with van der Waals surface area (Å²) in [6.45, 7) is 0.515. The van der Waals surface area contributed by atoms with Crippen LogP contribution in [0.1, 0.15) is 18.4 Å².